The summed E-state index contributed by atoms with van der Waals surface area (Å²) in [6.45, 7) is 0.372. The molecule has 1 heterocycles. The molecule has 116 valence electrons. The summed E-state index contributed by atoms with van der Waals surface area (Å²) < 4.78 is 5.23. The molecule has 2 aliphatic carbocycles. The Kier molecular flexibility index (Phi) is 4.02. The van der Waals surface area contributed by atoms with Crippen LogP contribution in [0.5, 0.6) is 0 Å². The highest BCUT2D eigenvalue weighted by Gasteiger charge is 2.33. The summed E-state index contributed by atoms with van der Waals surface area (Å²) in [5.74, 6) is 1.11. The van der Waals surface area contributed by atoms with Gasteiger partial charge in [0.15, 0.2) is 5.69 Å². The third kappa shape index (κ3) is 3.46. The van der Waals surface area contributed by atoms with Crippen LogP contribution in [0.25, 0.3) is 0 Å². The molecule has 0 aliphatic heterocycles. The third-order valence-electron chi connectivity index (χ3n) is 4.64. The van der Waals surface area contributed by atoms with Gasteiger partial charge in [-0.2, -0.15) is 0 Å². The van der Waals surface area contributed by atoms with Gasteiger partial charge in [0.25, 0.3) is 5.91 Å². The largest absolute Gasteiger partial charge is 0.388 e. The van der Waals surface area contributed by atoms with Crippen LogP contribution in [-0.2, 0) is 0 Å². The molecule has 2 aliphatic rings. The highest BCUT2D eigenvalue weighted by Crippen LogP contribution is 2.40. The van der Waals surface area contributed by atoms with Crippen molar-refractivity contribution in [2.24, 2.45) is 0 Å². The topological polar surface area (TPSA) is 66.6 Å². The second-order valence-corrected chi connectivity index (χ2v) is 6.69. The molecule has 0 atom stereocenters. The molecule has 0 radical (unpaired) electrons. The number of rotatable bonds is 4. The summed E-state index contributed by atoms with van der Waals surface area (Å²) in [4.78, 5) is 14.0. The van der Waals surface area contributed by atoms with Crippen molar-refractivity contribution >= 4 is 5.91 Å². The molecule has 0 saturated heterocycles. The predicted octanol–water partition coefficient (Wildman–Crippen LogP) is 2.71. The van der Waals surface area contributed by atoms with E-state index in [1.54, 1.807) is 18.0 Å². The molecule has 2 fully saturated rings. The van der Waals surface area contributed by atoms with E-state index in [1.165, 1.54) is 12.8 Å². The summed E-state index contributed by atoms with van der Waals surface area (Å²) >= 11 is 0. The number of carbonyl (C=O) groups excluding carboxylic acids is 1. The number of amides is 1. The molecule has 1 N–H and O–H groups in total. The van der Waals surface area contributed by atoms with E-state index < -0.39 is 5.60 Å². The maximum absolute atomic E-state index is 12.4. The average Bonchev–Trinajstić information content (AvgIpc) is 3.23. The zero-order valence-electron chi connectivity index (χ0n) is 12.7. The highest BCUT2D eigenvalue weighted by atomic mass is 16.5. The highest BCUT2D eigenvalue weighted by molar-refractivity contribution is 5.92. The van der Waals surface area contributed by atoms with Gasteiger partial charge in [0.05, 0.1) is 5.60 Å². The van der Waals surface area contributed by atoms with Crippen molar-refractivity contribution in [3.05, 3.63) is 17.5 Å². The Morgan fingerprint density at radius 1 is 1.38 bits per heavy atom. The first-order valence-electron chi connectivity index (χ1n) is 8.02. The van der Waals surface area contributed by atoms with E-state index in [2.05, 4.69) is 5.16 Å². The van der Waals surface area contributed by atoms with Gasteiger partial charge in [0.2, 0.25) is 0 Å². The summed E-state index contributed by atoms with van der Waals surface area (Å²) in [5, 5.41) is 14.6. The molecule has 21 heavy (non-hydrogen) atoms. The van der Waals surface area contributed by atoms with Gasteiger partial charge in [-0.1, -0.05) is 30.8 Å². The summed E-state index contributed by atoms with van der Waals surface area (Å²) in [7, 11) is 1.73. The summed E-state index contributed by atoms with van der Waals surface area (Å²) in [6, 6.07) is 1.76. The van der Waals surface area contributed by atoms with Crippen LogP contribution >= 0.6 is 0 Å². The smallest absolute Gasteiger partial charge is 0.275 e. The van der Waals surface area contributed by atoms with Gasteiger partial charge in [-0.25, -0.2) is 0 Å². The van der Waals surface area contributed by atoms with E-state index in [9.17, 15) is 9.90 Å². The summed E-state index contributed by atoms with van der Waals surface area (Å²) in [6.07, 6.45) is 8.22. The van der Waals surface area contributed by atoms with Crippen molar-refractivity contribution in [3.63, 3.8) is 0 Å². The second kappa shape index (κ2) is 5.79. The van der Waals surface area contributed by atoms with E-state index in [0.29, 0.717) is 18.2 Å². The first-order valence-corrected chi connectivity index (χ1v) is 8.02. The van der Waals surface area contributed by atoms with Crippen molar-refractivity contribution in [1.29, 1.82) is 0 Å². The molecule has 1 amide bonds. The molecule has 0 aromatic carbocycles. The minimum Gasteiger partial charge on any atom is -0.388 e. The lowest BCUT2D eigenvalue weighted by Gasteiger charge is -2.31. The van der Waals surface area contributed by atoms with Gasteiger partial charge < -0.3 is 14.5 Å². The second-order valence-electron chi connectivity index (χ2n) is 6.69. The van der Waals surface area contributed by atoms with Gasteiger partial charge in [0.1, 0.15) is 5.76 Å². The van der Waals surface area contributed by atoms with Crippen molar-refractivity contribution in [2.45, 2.75) is 62.9 Å². The average molecular weight is 292 g/mol. The van der Waals surface area contributed by atoms with Gasteiger partial charge in [-0.15, -0.1) is 0 Å². The molecule has 0 unspecified atom stereocenters. The van der Waals surface area contributed by atoms with Crippen molar-refractivity contribution in [1.82, 2.24) is 10.1 Å². The molecule has 3 rings (SSSR count). The van der Waals surface area contributed by atoms with E-state index >= 15 is 0 Å². The van der Waals surface area contributed by atoms with Gasteiger partial charge in [0, 0.05) is 25.6 Å². The number of nitrogens with zero attached hydrogens (tertiary/aromatic N) is 2. The first-order chi connectivity index (χ1) is 10.1. The lowest BCUT2D eigenvalue weighted by atomic mass is 9.94. The fourth-order valence-corrected chi connectivity index (χ4v) is 3.20. The number of carbonyl (C=O) groups is 1. The maximum atomic E-state index is 12.4. The maximum Gasteiger partial charge on any atom is 0.275 e. The Hall–Kier alpha value is -1.36. The molecule has 1 aromatic heterocycles. The number of hydrogen-bond acceptors (Lipinski definition) is 4. The van der Waals surface area contributed by atoms with Crippen LogP contribution in [0, 0.1) is 0 Å². The SMILES string of the molecule is CN(CC1(O)CCCCCC1)C(=O)c1cc(C2CC2)on1. The molecular formula is C16H24N2O3. The molecule has 0 spiro atoms. The lowest BCUT2D eigenvalue weighted by Crippen LogP contribution is -2.43. The van der Waals surface area contributed by atoms with E-state index in [4.69, 9.17) is 4.52 Å². The Morgan fingerprint density at radius 2 is 2.05 bits per heavy atom. The number of hydrogen-bond donors (Lipinski definition) is 1. The fraction of sp³-hybridized carbons (Fsp3) is 0.750. The Labute approximate surface area is 125 Å². The lowest BCUT2D eigenvalue weighted by molar-refractivity contribution is -0.00163. The van der Waals surface area contributed by atoms with Crippen LogP contribution in [0.1, 0.15) is 73.5 Å². The van der Waals surface area contributed by atoms with E-state index in [1.807, 2.05) is 0 Å². The molecule has 5 nitrogen and oxygen atoms in total. The number of likely N-dealkylation sites (N-methyl/N-ethyl adjacent to an activating group) is 1. The van der Waals surface area contributed by atoms with Crippen molar-refractivity contribution in [2.75, 3.05) is 13.6 Å². The van der Waals surface area contributed by atoms with Crippen LogP contribution in [-0.4, -0.2) is 40.3 Å². The normalized spacial score (nSPS) is 21.8. The monoisotopic (exact) mass is 292 g/mol. The zero-order valence-corrected chi connectivity index (χ0v) is 12.7. The standard InChI is InChI=1S/C16H24N2O3/c1-18(11-16(20)8-4-2-3-5-9-16)15(19)13-10-14(21-17-13)12-6-7-12/h10,12,20H,2-9,11H2,1H3. The summed E-state index contributed by atoms with van der Waals surface area (Å²) in [5.41, 5.74) is -0.388. The number of aromatic nitrogens is 1. The van der Waals surface area contributed by atoms with Crippen LogP contribution in [0.4, 0.5) is 0 Å². The zero-order chi connectivity index (χ0) is 14.9. The Morgan fingerprint density at radius 3 is 2.67 bits per heavy atom. The molecule has 5 heteroatoms. The molecular weight excluding hydrogens is 268 g/mol. The van der Waals surface area contributed by atoms with Crippen LogP contribution in [0.2, 0.25) is 0 Å². The molecule has 2 saturated carbocycles. The third-order valence-corrected chi connectivity index (χ3v) is 4.64. The molecule has 0 bridgehead atoms. The predicted molar refractivity (Wildman–Crippen MR) is 78.1 cm³/mol. The van der Waals surface area contributed by atoms with Crippen LogP contribution in [0.3, 0.4) is 0 Å². The van der Waals surface area contributed by atoms with Crippen LogP contribution in [0.15, 0.2) is 10.6 Å². The van der Waals surface area contributed by atoms with Crippen molar-refractivity contribution < 1.29 is 14.4 Å². The number of aliphatic hydroxyl groups is 1. The minimum atomic E-state index is -0.746. The van der Waals surface area contributed by atoms with Crippen LogP contribution < -0.4 is 0 Å². The van der Waals surface area contributed by atoms with Gasteiger partial charge in [-0.3, -0.25) is 4.79 Å². The van der Waals surface area contributed by atoms with Gasteiger partial charge in [-0.05, 0) is 25.7 Å². The Bertz CT molecular complexity index is 499. The molecule has 1 aromatic rings. The van der Waals surface area contributed by atoms with E-state index in [0.717, 1.165) is 44.3 Å². The minimum absolute atomic E-state index is 0.164. The van der Waals surface area contributed by atoms with E-state index in [-0.39, 0.29) is 5.91 Å². The first kappa shape index (κ1) is 14.6. The van der Waals surface area contributed by atoms with Crippen molar-refractivity contribution in [3.8, 4) is 0 Å². The fourth-order valence-electron chi connectivity index (χ4n) is 3.20. The quantitative estimate of drug-likeness (QED) is 0.866. The van der Waals surface area contributed by atoms with Gasteiger partial charge >= 0.3 is 0 Å². The Balaban J connectivity index is 1.62.